The van der Waals surface area contributed by atoms with Crippen molar-refractivity contribution in [3.05, 3.63) is 41.7 Å². The van der Waals surface area contributed by atoms with Crippen LogP contribution in [0, 0.1) is 18.6 Å². The number of fused-ring (bicyclic) bond motifs is 1. The van der Waals surface area contributed by atoms with Crippen LogP contribution in [0.3, 0.4) is 0 Å². The van der Waals surface area contributed by atoms with Gasteiger partial charge in [-0.05, 0) is 24.4 Å². The first-order valence-electron chi connectivity index (χ1n) is 3.88. The maximum atomic E-state index is 13.1. The number of aryl methyl sites for hydroxylation is 1. The third-order valence-electron chi connectivity index (χ3n) is 1.89. The van der Waals surface area contributed by atoms with Crippen molar-refractivity contribution < 1.29 is 8.78 Å². The van der Waals surface area contributed by atoms with Crippen LogP contribution in [0.15, 0.2) is 24.4 Å². The van der Waals surface area contributed by atoms with Crippen molar-refractivity contribution in [2.75, 3.05) is 0 Å². The molecular formula is C10H7F2N. The van der Waals surface area contributed by atoms with Gasteiger partial charge in [-0.3, -0.25) is 4.98 Å². The molecule has 0 aliphatic carbocycles. The van der Waals surface area contributed by atoms with E-state index in [9.17, 15) is 8.78 Å². The van der Waals surface area contributed by atoms with Crippen LogP contribution in [-0.4, -0.2) is 4.98 Å². The lowest BCUT2D eigenvalue weighted by molar-refractivity contribution is 0.592. The van der Waals surface area contributed by atoms with Crippen LogP contribution >= 0.6 is 0 Å². The Morgan fingerprint density at radius 2 is 1.92 bits per heavy atom. The summed E-state index contributed by atoms with van der Waals surface area (Å²) in [4.78, 5) is 3.94. The van der Waals surface area contributed by atoms with E-state index in [1.807, 2.05) is 0 Å². The second-order valence-corrected chi connectivity index (χ2v) is 2.93. The zero-order valence-corrected chi connectivity index (χ0v) is 7.01. The predicted octanol–water partition coefficient (Wildman–Crippen LogP) is 2.82. The van der Waals surface area contributed by atoms with Gasteiger partial charge in [-0.15, -0.1) is 0 Å². The molecule has 0 bridgehead atoms. The highest BCUT2D eigenvalue weighted by molar-refractivity contribution is 5.82. The number of pyridine rings is 1. The molecule has 1 aromatic heterocycles. The number of halogens is 2. The van der Waals surface area contributed by atoms with Crippen LogP contribution in [0.1, 0.15) is 5.69 Å². The van der Waals surface area contributed by atoms with Crippen LogP contribution in [0.25, 0.3) is 10.8 Å². The van der Waals surface area contributed by atoms with E-state index < -0.39 is 11.6 Å². The number of hydrogen-bond donors (Lipinski definition) is 0. The molecule has 2 aromatic rings. The van der Waals surface area contributed by atoms with Crippen LogP contribution in [0.4, 0.5) is 8.78 Å². The average Bonchev–Trinajstić information content (AvgIpc) is 2.02. The van der Waals surface area contributed by atoms with Crippen molar-refractivity contribution in [1.29, 1.82) is 0 Å². The Morgan fingerprint density at radius 3 is 2.69 bits per heavy atom. The number of aromatic nitrogens is 1. The lowest BCUT2D eigenvalue weighted by Gasteiger charge is -2.00. The van der Waals surface area contributed by atoms with Crippen molar-refractivity contribution in [3.63, 3.8) is 0 Å². The summed E-state index contributed by atoms with van der Waals surface area (Å²) >= 11 is 0. The number of nitrogens with zero attached hydrogens (tertiary/aromatic N) is 1. The van der Waals surface area contributed by atoms with E-state index in [-0.39, 0.29) is 0 Å². The van der Waals surface area contributed by atoms with Crippen molar-refractivity contribution in [1.82, 2.24) is 4.98 Å². The topological polar surface area (TPSA) is 12.9 Å². The SMILES string of the molecule is Cc1cc2cc(F)cc(F)c2cn1. The first-order valence-corrected chi connectivity index (χ1v) is 3.88. The summed E-state index contributed by atoms with van der Waals surface area (Å²) in [6.07, 6.45) is 1.42. The van der Waals surface area contributed by atoms with Crippen LogP contribution in [0.2, 0.25) is 0 Å². The molecule has 2 rings (SSSR count). The fourth-order valence-corrected chi connectivity index (χ4v) is 1.29. The molecular weight excluding hydrogens is 172 g/mol. The molecule has 66 valence electrons. The number of benzene rings is 1. The van der Waals surface area contributed by atoms with E-state index in [0.29, 0.717) is 10.8 Å². The summed E-state index contributed by atoms with van der Waals surface area (Å²) in [5.74, 6) is -1.13. The summed E-state index contributed by atoms with van der Waals surface area (Å²) in [5, 5.41) is 0.900. The van der Waals surface area contributed by atoms with Gasteiger partial charge in [0.05, 0.1) is 0 Å². The van der Waals surface area contributed by atoms with E-state index in [1.54, 1.807) is 13.0 Å². The van der Waals surface area contributed by atoms with Crippen molar-refractivity contribution in [3.8, 4) is 0 Å². The van der Waals surface area contributed by atoms with Crippen LogP contribution in [-0.2, 0) is 0 Å². The Hall–Kier alpha value is -1.51. The van der Waals surface area contributed by atoms with Crippen molar-refractivity contribution in [2.24, 2.45) is 0 Å². The van der Waals surface area contributed by atoms with Crippen molar-refractivity contribution in [2.45, 2.75) is 6.92 Å². The number of rotatable bonds is 0. The maximum absolute atomic E-state index is 13.1. The minimum absolute atomic E-state index is 0.354. The van der Waals surface area contributed by atoms with E-state index in [0.717, 1.165) is 11.8 Å². The second-order valence-electron chi connectivity index (χ2n) is 2.93. The molecule has 13 heavy (non-hydrogen) atoms. The van der Waals surface area contributed by atoms with Gasteiger partial charge in [-0.1, -0.05) is 0 Å². The minimum Gasteiger partial charge on any atom is -0.261 e. The van der Waals surface area contributed by atoms with Gasteiger partial charge in [0, 0.05) is 23.3 Å². The molecule has 0 saturated carbocycles. The van der Waals surface area contributed by atoms with E-state index in [1.165, 1.54) is 12.3 Å². The van der Waals surface area contributed by atoms with Crippen LogP contribution in [0.5, 0.6) is 0 Å². The van der Waals surface area contributed by atoms with Gasteiger partial charge in [0.15, 0.2) is 0 Å². The lowest BCUT2D eigenvalue weighted by Crippen LogP contribution is -1.86. The Morgan fingerprint density at radius 1 is 1.15 bits per heavy atom. The second kappa shape index (κ2) is 2.76. The molecule has 0 fully saturated rings. The molecule has 1 nitrogen and oxygen atoms in total. The third-order valence-corrected chi connectivity index (χ3v) is 1.89. The van der Waals surface area contributed by atoms with Gasteiger partial charge < -0.3 is 0 Å². The maximum Gasteiger partial charge on any atom is 0.135 e. The molecule has 0 aliphatic heterocycles. The highest BCUT2D eigenvalue weighted by atomic mass is 19.1. The van der Waals surface area contributed by atoms with Gasteiger partial charge in [-0.25, -0.2) is 8.78 Å². The molecule has 0 radical (unpaired) electrons. The minimum atomic E-state index is -0.567. The summed E-state index contributed by atoms with van der Waals surface area (Å²) < 4.78 is 25.9. The molecule has 0 atom stereocenters. The molecule has 0 aliphatic rings. The molecule has 0 saturated heterocycles. The van der Waals surface area contributed by atoms with Gasteiger partial charge >= 0.3 is 0 Å². The molecule has 3 heteroatoms. The smallest absolute Gasteiger partial charge is 0.135 e. The van der Waals surface area contributed by atoms with E-state index in [4.69, 9.17) is 0 Å². The molecule has 1 aromatic carbocycles. The molecule has 0 N–H and O–H groups in total. The average molecular weight is 179 g/mol. The first-order chi connectivity index (χ1) is 6.16. The van der Waals surface area contributed by atoms with Crippen LogP contribution < -0.4 is 0 Å². The lowest BCUT2D eigenvalue weighted by atomic mass is 10.1. The predicted molar refractivity (Wildman–Crippen MR) is 46.4 cm³/mol. The Balaban J connectivity index is 2.86. The third kappa shape index (κ3) is 1.37. The normalized spacial score (nSPS) is 10.7. The van der Waals surface area contributed by atoms with E-state index >= 15 is 0 Å². The monoisotopic (exact) mass is 179 g/mol. The quantitative estimate of drug-likeness (QED) is 0.606. The molecule has 1 heterocycles. The molecule has 0 unspecified atom stereocenters. The zero-order valence-electron chi connectivity index (χ0n) is 7.01. The Bertz CT molecular complexity index is 460. The summed E-state index contributed by atoms with van der Waals surface area (Å²) in [5.41, 5.74) is 0.748. The standard InChI is InChI=1S/C10H7F2N/c1-6-2-7-3-8(11)4-10(12)9(7)5-13-6/h2-5H,1H3. The zero-order chi connectivity index (χ0) is 9.42. The molecule has 0 amide bonds. The summed E-state index contributed by atoms with van der Waals surface area (Å²) in [6, 6.07) is 3.81. The van der Waals surface area contributed by atoms with E-state index in [2.05, 4.69) is 4.98 Å². The highest BCUT2D eigenvalue weighted by Gasteiger charge is 2.03. The van der Waals surface area contributed by atoms with Crippen molar-refractivity contribution >= 4 is 10.8 Å². The first kappa shape index (κ1) is 8.10. The fourth-order valence-electron chi connectivity index (χ4n) is 1.29. The molecule has 0 spiro atoms. The fraction of sp³-hybridized carbons (Fsp3) is 0.100. The summed E-state index contributed by atoms with van der Waals surface area (Å²) in [7, 11) is 0. The van der Waals surface area contributed by atoms with Gasteiger partial charge in [0.25, 0.3) is 0 Å². The van der Waals surface area contributed by atoms with Gasteiger partial charge in [-0.2, -0.15) is 0 Å². The Labute approximate surface area is 74.0 Å². The largest absolute Gasteiger partial charge is 0.261 e. The van der Waals surface area contributed by atoms with Gasteiger partial charge in [0.1, 0.15) is 11.6 Å². The van der Waals surface area contributed by atoms with Gasteiger partial charge in [0.2, 0.25) is 0 Å². The highest BCUT2D eigenvalue weighted by Crippen LogP contribution is 2.18. The number of hydrogen-bond acceptors (Lipinski definition) is 1. The Kier molecular flexibility index (Phi) is 1.72. The summed E-state index contributed by atoms with van der Waals surface area (Å²) in [6.45, 7) is 1.78.